The molecule has 0 spiro atoms. The van der Waals surface area contributed by atoms with E-state index >= 15 is 0 Å². The molecule has 1 saturated carbocycles. The molecule has 1 atom stereocenters. The minimum Gasteiger partial charge on any atom is -0.300 e. The molecule has 1 aliphatic heterocycles. The first-order valence-electron chi connectivity index (χ1n) is 6.20. The summed E-state index contributed by atoms with van der Waals surface area (Å²) in [4.78, 5) is 2.72. The van der Waals surface area contributed by atoms with Crippen molar-refractivity contribution < 1.29 is 0 Å². The predicted molar refractivity (Wildman–Crippen MR) is 61.9 cm³/mol. The third-order valence-corrected chi connectivity index (χ3v) is 4.30. The average molecular weight is 216 g/mol. The van der Waals surface area contributed by atoms with Crippen molar-refractivity contribution >= 4 is 11.6 Å². The predicted octanol–water partition coefficient (Wildman–Crippen LogP) is 3.27. The lowest BCUT2D eigenvalue weighted by Gasteiger charge is -2.39. The first kappa shape index (κ1) is 10.8. The van der Waals surface area contributed by atoms with Crippen molar-refractivity contribution in [2.24, 2.45) is 5.92 Å². The molecule has 14 heavy (non-hydrogen) atoms. The van der Waals surface area contributed by atoms with Gasteiger partial charge in [-0.2, -0.15) is 0 Å². The Kier molecular flexibility index (Phi) is 4.12. The lowest BCUT2D eigenvalue weighted by atomic mass is 9.91. The van der Waals surface area contributed by atoms with E-state index in [4.69, 9.17) is 11.6 Å². The number of halogens is 1. The van der Waals surface area contributed by atoms with Crippen LogP contribution in [0.3, 0.4) is 0 Å². The van der Waals surface area contributed by atoms with Crippen LogP contribution in [0.1, 0.15) is 44.9 Å². The topological polar surface area (TPSA) is 3.24 Å². The summed E-state index contributed by atoms with van der Waals surface area (Å²) in [7, 11) is 0. The maximum atomic E-state index is 5.96. The van der Waals surface area contributed by atoms with Crippen molar-refractivity contribution in [2.75, 3.05) is 19.0 Å². The lowest BCUT2D eigenvalue weighted by Crippen LogP contribution is -2.43. The van der Waals surface area contributed by atoms with E-state index in [-0.39, 0.29) is 0 Å². The number of likely N-dealkylation sites (tertiary alicyclic amines) is 1. The Balaban J connectivity index is 1.83. The second-order valence-corrected chi connectivity index (χ2v) is 5.26. The van der Waals surface area contributed by atoms with Gasteiger partial charge in [0.05, 0.1) is 0 Å². The second-order valence-electron chi connectivity index (χ2n) is 4.95. The van der Waals surface area contributed by atoms with Gasteiger partial charge < -0.3 is 4.90 Å². The van der Waals surface area contributed by atoms with Crippen LogP contribution in [-0.4, -0.2) is 29.9 Å². The van der Waals surface area contributed by atoms with E-state index in [0.29, 0.717) is 0 Å². The summed E-state index contributed by atoms with van der Waals surface area (Å²) in [6.45, 7) is 2.60. The standard InChI is InChI=1S/C12H22ClN/c13-9-11-5-4-8-14(10-11)12-6-2-1-3-7-12/h11-12H,1-10H2. The summed E-state index contributed by atoms with van der Waals surface area (Å²) in [5, 5.41) is 0. The van der Waals surface area contributed by atoms with Gasteiger partial charge in [0.1, 0.15) is 0 Å². The molecular formula is C12H22ClN. The van der Waals surface area contributed by atoms with E-state index in [1.165, 1.54) is 58.0 Å². The Labute approximate surface area is 92.8 Å². The number of nitrogens with zero attached hydrogens (tertiary/aromatic N) is 1. The van der Waals surface area contributed by atoms with Crippen LogP contribution in [0.2, 0.25) is 0 Å². The van der Waals surface area contributed by atoms with Crippen LogP contribution < -0.4 is 0 Å². The lowest BCUT2D eigenvalue weighted by molar-refractivity contribution is 0.105. The molecule has 0 radical (unpaired) electrons. The van der Waals surface area contributed by atoms with E-state index in [1.807, 2.05) is 0 Å². The van der Waals surface area contributed by atoms with Gasteiger partial charge in [-0.3, -0.25) is 0 Å². The third kappa shape index (κ3) is 2.64. The highest BCUT2D eigenvalue weighted by Crippen LogP contribution is 2.27. The van der Waals surface area contributed by atoms with Gasteiger partial charge in [0.2, 0.25) is 0 Å². The molecule has 2 heteroatoms. The van der Waals surface area contributed by atoms with E-state index in [2.05, 4.69) is 4.90 Å². The maximum Gasteiger partial charge on any atom is 0.0263 e. The number of hydrogen-bond donors (Lipinski definition) is 0. The second kappa shape index (κ2) is 5.37. The van der Waals surface area contributed by atoms with Crippen LogP contribution in [-0.2, 0) is 0 Å². The molecule has 2 fully saturated rings. The highest BCUT2D eigenvalue weighted by Gasteiger charge is 2.26. The largest absolute Gasteiger partial charge is 0.300 e. The molecule has 0 N–H and O–H groups in total. The Bertz CT molecular complexity index is 166. The summed E-state index contributed by atoms with van der Waals surface area (Å²) < 4.78 is 0. The summed E-state index contributed by atoms with van der Waals surface area (Å²) >= 11 is 5.96. The van der Waals surface area contributed by atoms with E-state index < -0.39 is 0 Å². The third-order valence-electron chi connectivity index (χ3n) is 3.86. The minimum atomic E-state index is 0.771. The minimum absolute atomic E-state index is 0.771. The van der Waals surface area contributed by atoms with Crippen LogP contribution in [0.25, 0.3) is 0 Å². The number of hydrogen-bond acceptors (Lipinski definition) is 1. The van der Waals surface area contributed by atoms with Crippen molar-refractivity contribution in [3.8, 4) is 0 Å². The highest BCUT2D eigenvalue weighted by molar-refractivity contribution is 6.18. The molecule has 1 nitrogen and oxygen atoms in total. The Morgan fingerprint density at radius 3 is 2.50 bits per heavy atom. The Hall–Kier alpha value is 0.250. The fourth-order valence-electron chi connectivity index (χ4n) is 3.00. The molecule has 1 heterocycles. The van der Waals surface area contributed by atoms with E-state index in [9.17, 15) is 0 Å². The average Bonchev–Trinajstić information content (AvgIpc) is 2.30. The molecular weight excluding hydrogens is 194 g/mol. The van der Waals surface area contributed by atoms with Crippen LogP contribution in [0.4, 0.5) is 0 Å². The first-order valence-corrected chi connectivity index (χ1v) is 6.73. The Morgan fingerprint density at radius 1 is 1.00 bits per heavy atom. The molecule has 0 bridgehead atoms. The van der Waals surface area contributed by atoms with Gasteiger partial charge in [-0.15, -0.1) is 11.6 Å². The van der Waals surface area contributed by atoms with Crippen molar-refractivity contribution in [3.63, 3.8) is 0 Å². The Morgan fingerprint density at radius 2 is 1.79 bits per heavy atom. The molecule has 82 valence electrons. The van der Waals surface area contributed by atoms with E-state index in [1.54, 1.807) is 0 Å². The van der Waals surface area contributed by atoms with Crippen molar-refractivity contribution in [3.05, 3.63) is 0 Å². The molecule has 0 aromatic rings. The molecule has 0 aromatic heterocycles. The fourth-order valence-corrected chi connectivity index (χ4v) is 3.25. The molecule has 1 saturated heterocycles. The highest BCUT2D eigenvalue weighted by atomic mass is 35.5. The zero-order valence-corrected chi connectivity index (χ0v) is 9.81. The summed E-state index contributed by atoms with van der Waals surface area (Å²) in [6, 6.07) is 0.898. The summed E-state index contributed by atoms with van der Waals surface area (Å²) in [5.74, 6) is 1.63. The zero-order chi connectivity index (χ0) is 9.80. The van der Waals surface area contributed by atoms with Crippen LogP contribution >= 0.6 is 11.6 Å². The number of piperidine rings is 1. The smallest absolute Gasteiger partial charge is 0.0263 e. The number of rotatable bonds is 2. The SMILES string of the molecule is ClCC1CCCN(C2CCCCC2)C1. The quantitative estimate of drug-likeness (QED) is 0.640. The van der Waals surface area contributed by atoms with E-state index in [0.717, 1.165) is 17.8 Å². The monoisotopic (exact) mass is 215 g/mol. The normalized spacial score (nSPS) is 31.9. The molecule has 0 amide bonds. The molecule has 2 aliphatic rings. The summed E-state index contributed by atoms with van der Waals surface area (Å²) in [6.07, 6.45) is 9.97. The van der Waals surface area contributed by atoms with Crippen LogP contribution in [0, 0.1) is 5.92 Å². The van der Waals surface area contributed by atoms with Gasteiger partial charge in [-0.1, -0.05) is 19.3 Å². The van der Waals surface area contributed by atoms with Crippen molar-refractivity contribution in [2.45, 2.75) is 51.0 Å². The van der Waals surface area contributed by atoms with Crippen LogP contribution in [0.15, 0.2) is 0 Å². The van der Waals surface area contributed by atoms with Crippen LogP contribution in [0.5, 0.6) is 0 Å². The van der Waals surface area contributed by atoms with Crippen molar-refractivity contribution in [1.82, 2.24) is 4.90 Å². The van der Waals surface area contributed by atoms with Gasteiger partial charge in [0.15, 0.2) is 0 Å². The molecule has 1 unspecified atom stereocenters. The zero-order valence-electron chi connectivity index (χ0n) is 9.05. The summed E-state index contributed by atoms with van der Waals surface area (Å²) in [5.41, 5.74) is 0. The fraction of sp³-hybridized carbons (Fsp3) is 1.00. The maximum absolute atomic E-state index is 5.96. The molecule has 2 rings (SSSR count). The molecule has 0 aromatic carbocycles. The van der Waals surface area contributed by atoms with Crippen molar-refractivity contribution in [1.29, 1.82) is 0 Å². The van der Waals surface area contributed by atoms with Gasteiger partial charge >= 0.3 is 0 Å². The molecule has 1 aliphatic carbocycles. The first-order chi connectivity index (χ1) is 6.90. The number of alkyl halides is 1. The van der Waals surface area contributed by atoms with Gasteiger partial charge in [0, 0.05) is 18.5 Å². The van der Waals surface area contributed by atoms with Gasteiger partial charge in [0.25, 0.3) is 0 Å². The van der Waals surface area contributed by atoms with Gasteiger partial charge in [-0.05, 0) is 38.1 Å². The van der Waals surface area contributed by atoms with Gasteiger partial charge in [-0.25, -0.2) is 0 Å².